The predicted octanol–water partition coefficient (Wildman–Crippen LogP) is 3.28. The van der Waals surface area contributed by atoms with E-state index in [0.717, 1.165) is 30.2 Å². The van der Waals surface area contributed by atoms with Crippen LogP contribution in [0.1, 0.15) is 28.2 Å². The summed E-state index contributed by atoms with van der Waals surface area (Å²) < 4.78 is 38.7. The molecule has 7 heteroatoms. The van der Waals surface area contributed by atoms with Crippen LogP contribution < -0.4 is 10.6 Å². The van der Waals surface area contributed by atoms with Gasteiger partial charge >= 0.3 is 6.18 Å². The number of aryl methyl sites for hydroxylation is 1. The molecule has 1 amide bonds. The fourth-order valence-electron chi connectivity index (χ4n) is 2.70. The van der Waals surface area contributed by atoms with Gasteiger partial charge in [-0.2, -0.15) is 13.2 Å². The number of aromatic nitrogens is 1. The summed E-state index contributed by atoms with van der Waals surface area (Å²) in [7, 11) is 0. The predicted molar refractivity (Wildman–Crippen MR) is 80.1 cm³/mol. The maximum absolute atomic E-state index is 12.9. The lowest BCUT2D eigenvalue weighted by Crippen LogP contribution is -2.36. The molecule has 3 rings (SSSR count). The van der Waals surface area contributed by atoms with Crippen LogP contribution >= 0.6 is 0 Å². The van der Waals surface area contributed by atoms with E-state index < -0.39 is 23.5 Å². The van der Waals surface area contributed by atoms with Crippen molar-refractivity contribution in [2.45, 2.75) is 19.0 Å². The molecule has 23 heavy (non-hydrogen) atoms. The molecule has 0 unspecified atom stereocenters. The Morgan fingerprint density at radius 2 is 1.91 bits per heavy atom. The van der Waals surface area contributed by atoms with E-state index in [9.17, 15) is 18.0 Å². The number of hydrogen-bond acceptors (Lipinski definition) is 3. The maximum Gasteiger partial charge on any atom is 0.435 e. The van der Waals surface area contributed by atoms with Crippen molar-refractivity contribution in [2.75, 3.05) is 17.2 Å². The van der Waals surface area contributed by atoms with Crippen molar-refractivity contribution in [3.8, 4) is 0 Å². The smallest absolute Gasteiger partial charge is 0.397 e. The van der Waals surface area contributed by atoms with Gasteiger partial charge in [0.05, 0.1) is 5.69 Å². The second-order valence-electron chi connectivity index (χ2n) is 5.32. The van der Waals surface area contributed by atoms with E-state index in [1.165, 1.54) is 11.0 Å². The van der Waals surface area contributed by atoms with E-state index in [1.54, 1.807) is 12.1 Å². The third-order valence-corrected chi connectivity index (χ3v) is 3.77. The van der Waals surface area contributed by atoms with Gasteiger partial charge in [0.1, 0.15) is 5.69 Å². The molecule has 120 valence electrons. The Morgan fingerprint density at radius 3 is 2.65 bits per heavy atom. The highest BCUT2D eigenvalue weighted by molar-refractivity contribution is 6.05. The number of nitrogens with two attached hydrogens (primary N) is 1. The number of halogens is 3. The van der Waals surface area contributed by atoms with Crippen LogP contribution in [-0.4, -0.2) is 17.4 Å². The number of fused-ring (bicyclic) bond motifs is 1. The average Bonchev–Trinajstić information content (AvgIpc) is 2.53. The van der Waals surface area contributed by atoms with Crippen LogP contribution in [0.4, 0.5) is 24.5 Å². The Bertz CT molecular complexity index is 758. The summed E-state index contributed by atoms with van der Waals surface area (Å²) in [6, 6.07) is 9.65. The van der Waals surface area contributed by atoms with E-state index in [1.807, 2.05) is 12.1 Å². The van der Waals surface area contributed by atoms with Crippen molar-refractivity contribution in [3.63, 3.8) is 0 Å². The fourth-order valence-corrected chi connectivity index (χ4v) is 2.70. The van der Waals surface area contributed by atoms with Crippen molar-refractivity contribution in [3.05, 3.63) is 53.3 Å². The van der Waals surface area contributed by atoms with Crippen LogP contribution in [0.3, 0.4) is 0 Å². The molecule has 2 aromatic rings. The normalized spacial score (nSPS) is 14.5. The quantitative estimate of drug-likeness (QED) is 0.877. The largest absolute Gasteiger partial charge is 0.435 e. The zero-order chi connectivity index (χ0) is 16.6. The number of amides is 1. The average molecular weight is 321 g/mol. The molecule has 1 aromatic heterocycles. The van der Waals surface area contributed by atoms with Crippen molar-refractivity contribution < 1.29 is 18.0 Å². The molecule has 1 aliphatic rings. The number of rotatable bonds is 1. The zero-order valence-corrected chi connectivity index (χ0v) is 12.1. The molecule has 0 aliphatic carbocycles. The van der Waals surface area contributed by atoms with Gasteiger partial charge in [0, 0.05) is 12.2 Å². The van der Waals surface area contributed by atoms with Gasteiger partial charge in [-0.05, 0) is 36.6 Å². The molecule has 2 heterocycles. The summed E-state index contributed by atoms with van der Waals surface area (Å²) in [6.07, 6.45) is -3.10. The van der Waals surface area contributed by atoms with Crippen LogP contribution in [0.15, 0.2) is 36.4 Å². The number of carbonyl (C=O) groups is 1. The number of nitrogen functional groups attached to an aromatic ring is 1. The van der Waals surface area contributed by atoms with Gasteiger partial charge in [-0.15, -0.1) is 0 Å². The Hall–Kier alpha value is -2.57. The van der Waals surface area contributed by atoms with Gasteiger partial charge in [-0.1, -0.05) is 18.2 Å². The first-order valence-corrected chi connectivity index (χ1v) is 7.11. The summed E-state index contributed by atoms with van der Waals surface area (Å²) in [5.41, 5.74) is 5.06. The number of carbonyl (C=O) groups excluding carboxylic acids is 1. The molecule has 0 radical (unpaired) electrons. The van der Waals surface area contributed by atoms with E-state index in [4.69, 9.17) is 5.73 Å². The van der Waals surface area contributed by atoms with Crippen LogP contribution in [-0.2, 0) is 12.6 Å². The molecule has 4 nitrogen and oxygen atoms in total. The van der Waals surface area contributed by atoms with Crippen LogP contribution in [0.25, 0.3) is 0 Å². The molecule has 0 saturated heterocycles. The first-order chi connectivity index (χ1) is 10.9. The van der Waals surface area contributed by atoms with Gasteiger partial charge in [0.2, 0.25) is 0 Å². The van der Waals surface area contributed by atoms with Crippen molar-refractivity contribution in [2.24, 2.45) is 0 Å². The fraction of sp³-hybridized carbons (Fsp3) is 0.250. The molecular weight excluding hydrogens is 307 g/mol. The van der Waals surface area contributed by atoms with Gasteiger partial charge in [0.15, 0.2) is 5.69 Å². The zero-order valence-electron chi connectivity index (χ0n) is 12.1. The summed E-state index contributed by atoms with van der Waals surface area (Å²) in [5, 5.41) is 0. The number of pyridine rings is 1. The number of anilines is 2. The first kappa shape index (κ1) is 15.3. The minimum Gasteiger partial charge on any atom is -0.397 e. The van der Waals surface area contributed by atoms with Crippen molar-refractivity contribution in [1.82, 2.24) is 4.98 Å². The minimum atomic E-state index is -4.69. The molecule has 1 aliphatic heterocycles. The number of hydrogen-bond donors (Lipinski definition) is 1. The first-order valence-electron chi connectivity index (χ1n) is 7.11. The number of nitrogens with zero attached hydrogens (tertiary/aromatic N) is 2. The highest BCUT2D eigenvalue weighted by atomic mass is 19.4. The monoisotopic (exact) mass is 321 g/mol. The second kappa shape index (κ2) is 5.57. The molecule has 1 aromatic carbocycles. The number of para-hydroxylation sites is 1. The lowest BCUT2D eigenvalue weighted by Gasteiger charge is -2.29. The SMILES string of the molecule is Nc1ccc(C(=O)N2CCCc3ccccc32)nc1C(F)(F)F. The van der Waals surface area contributed by atoms with Gasteiger partial charge in [0.25, 0.3) is 5.91 Å². The Kier molecular flexibility index (Phi) is 3.71. The third-order valence-electron chi connectivity index (χ3n) is 3.77. The number of alkyl halides is 3. The lowest BCUT2D eigenvalue weighted by molar-refractivity contribution is -0.140. The standard InChI is InChI=1S/C16H14F3N3O/c17-16(18,19)14-11(20)7-8-12(21-14)15(23)22-9-3-5-10-4-1-2-6-13(10)22/h1-2,4,6-8H,3,5,9,20H2. The Balaban J connectivity index is 1.99. The highest BCUT2D eigenvalue weighted by Gasteiger charge is 2.36. The number of benzene rings is 1. The van der Waals surface area contributed by atoms with Gasteiger partial charge in [-0.25, -0.2) is 4.98 Å². The molecule has 0 atom stereocenters. The summed E-state index contributed by atoms with van der Waals surface area (Å²) in [5.74, 6) is -0.553. The van der Waals surface area contributed by atoms with Crippen LogP contribution in [0, 0.1) is 0 Å². The Labute approximate surface area is 130 Å². The molecule has 0 saturated carbocycles. The van der Waals surface area contributed by atoms with Crippen molar-refractivity contribution in [1.29, 1.82) is 0 Å². The minimum absolute atomic E-state index is 0.261. The Morgan fingerprint density at radius 1 is 1.17 bits per heavy atom. The van der Waals surface area contributed by atoms with Gasteiger partial charge < -0.3 is 10.6 Å². The van der Waals surface area contributed by atoms with E-state index in [2.05, 4.69) is 4.98 Å². The summed E-state index contributed by atoms with van der Waals surface area (Å²) in [6.45, 7) is 0.448. The van der Waals surface area contributed by atoms with E-state index in [-0.39, 0.29) is 5.69 Å². The second-order valence-corrected chi connectivity index (χ2v) is 5.32. The van der Waals surface area contributed by atoms with Gasteiger partial charge in [-0.3, -0.25) is 4.79 Å². The highest BCUT2D eigenvalue weighted by Crippen LogP contribution is 2.33. The molecule has 0 bridgehead atoms. The van der Waals surface area contributed by atoms with E-state index >= 15 is 0 Å². The lowest BCUT2D eigenvalue weighted by atomic mass is 10.0. The molecule has 0 spiro atoms. The van der Waals surface area contributed by atoms with Crippen LogP contribution in [0.2, 0.25) is 0 Å². The van der Waals surface area contributed by atoms with Crippen LogP contribution in [0.5, 0.6) is 0 Å². The molecule has 0 fully saturated rings. The third kappa shape index (κ3) is 2.86. The molecular formula is C16H14F3N3O. The summed E-state index contributed by atoms with van der Waals surface area (Å²) in [4.78, 5) is 17.5. The topological polar surface area (TPSA) is 59.2 Å². The van der Waals surface area contributed by atoms with E-state index in [0.29, 0.717) is 6.54 Å². The maximum atomic E-state index is 12.9. The summed E-state index contributed by atoms with van der Waals surface area (Å²) >= 11 is 0. The van der Waals surface area contributed by atoms with Crippen molar-refractivity contribution >= 4 is 17.3 Å². The molecule has 2 N–H and O–H groups in total.